The lowest BCUT2D eigenvalue weighted by Gasteiger charge is -2.32. The molecular formula is C18H23F3N2O4. The highest BCUT2D eigenvalue weighted by molar-refractivity contribution is 5.79. The zero-order chi connectivity index (χ0) is 20.2. The molecule has 9 heteroatoms. The molecule has 6 nitrogen and oxygen atoms in total. The zero-order valence-electron chi connectivity index (χ0n) is 15.1. The predicted molar refractivity (Wildman–Crippen MR) is 91.0 cm³/mol. The third kappa shape index (κ3) is 5.93. The number of rotatable bonds is 3. The number of halogens is 3. The molecule has 2 heterocycles. The van der Waals surface area contributed by atoms with Gasteiger partial charge in [0.1, 0.15) is 0 Å². The van der Waals surface area contributed by atoms with E-state index in [1.165, 1.54) is 11.1 Å². The molecule has 0 radical (unpaired) electrons. The standard InChI is InChI=1S/C16H22N2O2.C2HF3O2/c1-11-3-5-12(6-4-11)8-18-9-13-7-14(16(19)17-2)15(10-18)20-13;3-2(4,5)1(6)7/h3-6,13-15H,7-10H2,1-2H3,(H,17,19);(H,6,7)/t13-,14+,15-;/m1./s1. The van der Waals surface area contributed by atoms with Crippen LogP contribution in [0.15, 0.2) is 24.3 Å². The van der Waals surface area contributed by atoms with Crippen molar-refractivity contribution in [2.45, 2.75) is 38.3 Å². The second-order valence-corrected chi connectivity index (χ2v) is 6.74. The van der Waals surface area contributed by atoms with Crippen LogP contribution < -0.4 is 5.32 Å². The van der Waals surface area contributed by atoms with E-state index in [2.05, 4.69) is 41.4 Å². The Labute approximate surface area is 155 Å². The number of carboxylic acids is 1. The van der Waals surface area contributed by atoms with Gasteiger partial charge in [0.2, 0.25) is 5.91 Å². The number of aryl methyl sites for hydroxylation is 1. The second-order valence-electron chi connectivity index (χ2n) is 6.74. The smallest absolute Gasteiger partial charge is 0.475 e. The van der Waals surface area contributed by atoms with Gasteiger partial charge in [0.05, 0.1) is 18.1 Å². The molecule has 0 spiro atoms. The molecule has 0 unspecified atom stereocenters. The van der Waals surface area contributed by atoms with Crippen molar-refractivity contribution in [1.82, 2.24) is 10.2 Å². The monoisotopic (exact) mass is 388 g/mol. The van der Waals surface area contributed by atoms with Gasteiger partial charge in [-0.2, -0.15) is 13.2 Å². The largest absolute Gasteiger partial charge is 0.490 e. The van der Waals surface area contributed by atoms with Crippen LogP contribution in [0.25, 0.3) is 0 Å². The molecule has 2 fully saturated rings. The quantitative estimate of drug-likeness (QED) is 0.828. The summed E-state index contributed by atoms with van der Waals surface area (Å²) in [7, 11) is 1.70. The Bertz CT molecular complexity index is 664. The molecule has 0 saturated carbocycles. The van der Waals surface area contributed by atoms with Crippen molar-refractivity contribution >= 4 is 11.9 Å². The maximum Gasteiger partial charge on any atom is 0.490 e. The van der Waals surface area contributed by atoms with Crippen LogP contribution in [0, 0.1) is 12.8 Å². The summed E-state index contributed by atoms with van der Waals surface area (Å²) in [5.74, 6) is -2.62. The van der Waals surface area contributed by atoms with E-state index in [0.717, 1.165) is 26.1 Å². The molecule has 2 saturated heterocycles. The number of hydrogen-bond donors (Lipinski definition) is 2. The number of carboxylic acid groups (broad SMARTS) is 1. The maximum absolute atomic E-state index is 11.8. The summed E-state index contributed by atoms with van der Waals surface area (Å²) < 4.78 is 37.7. The normalized spacial score (nSPS) is 24.7. The minimum atomic E-state index is -5.08. The number of benzene rings is 1. The number of nitrogens with zero attached hydrogens (tertiary/aromatic N) is 1. The van der Waals surface area contributed by atoms with E-state index in [-0.39, 0.29) is 24.0 Å². The van der Waals surface area contributed by atoms with Crippen LogP contribution in [0.4, 0.5) is 13.2 Å². The summed E-state index contributed by atoms with van der Waals surface area (Å²) in [5.41, 5.74) is 2.61. The first kappa shape index (κ1) is 21.2. The first-order chi connectivity index (χ1) is 12.6. The SMILES string of the molecule is CNC(=O)[C@H]1C[C@@H]2CN(Cc3ccc(C)cc3)C[C@H]1O2.O=C(O)C(F)(F)F. The fourth-order valence-electron chi connectivity index (χ4n) is 3.28. The van der Waals surface area contributed by atoms with Crippen LogP contribution in [0.1, 0.15) is 17.5 Å². The number of fused-ring (bicyclic) bond motifs is 2. The summed E-state index contributed by atoms with van der Waals surface area (Å²) in [4.78, 5) is 23.2. The van der Waals surface area contributed by atoms with Gasteiger partial charge in [-0.15, -0.1) is 0 Å². The molecule has 27 heavy (non-hydrogen) atoms. The van der Waals surface area contributed by atoms with Crippen molar-refractivity contribution in [1.29, 1.82) is 0 Å². The van der Waals surface area contributed by atoms with Crippen molar-refractivity contribution < 1.29 is 32.6 Å². The first-order valence-corrected chi connectivity index (χ1v) is 8.55. The Morgan fingerprint density at radius 2 is 1.85 bits per heavy atom. The van der Waals surface area contributed by atoms with Crippen LogP contribution in [0.3, 0.4) is 0 Å². The number of likely N-dealkylation sites (tertiary alicyclic amines) is 1. The van der Waals surface area contributed by atoms with Crippen LogP contribution >= 0.6 is 0 Å². The van der Waals surface area contributed by atoms with Gasteiger partial charge in [-0.3, -0.25) is 9.69 Å². The summed E-state index contributed by atoms with van der Waals surface area (Å²) >= 11 is 0. The Morgan fingerprint density at radius 1 is 1.26 bits per heavy atom. The molecule has 3 rings (SSSR count). The number of carbonyl (C=O) groups excluding carboxylic acids is 1. The fourth-order valence-corrected chi connectivity index (χ4v) is 3.28. The van der Waals surface area contributed by atoms with Crippen LogP contribution in [0.5, 0.6) is 0 Å². The van der Waals surface area contributed by atoms with Crippen molar-refractivity contribution in [3.05, 3.63) is 35.4 Å². The van der Waals surface area contributed by atoms with Crippen molar-refractivity contribution in [2.24, 2.45) is 5.92 Å². The highest BCUT2D eigenvalue weighted by Gasteiger charge is 2.44. The molecule has 0 aromatic heterocycles. The van der Waals surface area contributed by atoms with Crippen molar-refractivity contribution in [3.8, 4) is 0 Å². The highest BCUT2D eigenvalue weighted by atomic mass is 19.4. The van der Waals surface area contributed by atoms with E-state index in [0.29, 0.717) is 0 Å². The van der Waals surface area contributed by atoms with Crippen LogP contribution in [-0.2, 0) is 20.9 Å². The number of ether oxygens (including phenoxy) is 1. The third-order valence-corrected chi connectivity index (χ3v) is 4.59. The molecule has 2 aliphatic heterocycles. The summed E-state index contributed by atoms with van der Waals surface area (Å²) in [6, 6.07) is 8.67. The van der Waals surface area contributed by atoms with E-state index in [1.54, 1.807) is 7.05 Å². The van der Waals surface area contributed by atoms with Gasteiger partial charge >= 0.3 is 12.1 Å². The topological polar surface area (TPSA) is 78.9 Å². The lowest BCUT2D eigenvalue weighted by molar-refractivity contribution is -0.192. The van der Waals surface area contributed by atoms with Crippen LogP contribution in [-0.4, -0.2) is 60.4 Å². The summed E-state index contributed by atoms with van der Waals surface area (Å²) in [6.07, 6.45) is -3.96. The number of alkyl halides is 3. The van der Waals surface area contributed by atoms with Gasteiger partial charge in [0.25, 0.3) is 0 Å². The predicted octanol–water partition coefficient (Wildman–Crippen LogP) is 1.96. The van der Waals surface area contributed by atoms with Crippen molar-refractivity contribution in [3.63, 3.8) is 0 Å². The van der Waals surface area contributed by atoms with Crippen molar-refractivity contribution in [2.75, 3.05) is 20.1 Å². The van der Waals surface area contributed by atoms with Crippen LogP contribution in [0.2, 0.25) is 0 Å². The van der Waals surface area contributed by atoms with E-state index in [1.807, 2.05) is 0 Å². The van der Waals surface area contributed by atoms with Gasteiger partial charge in [0, 0.05) is 26.7 Å². The molecule has 3 atom stereocenters. The van der Waals surface area contributed by atoms with E-state index >= 15 is 0 Å². The average molecular weight is 388 g/mol. The van der Waals surface area contributed by atoms with Gasteiger partial charge in [-0.1, -0.05) is 29.8 Å². The molecule has 0 aliphatic carbocycles. The molecular weight excluding hydrogens is 365 g/mol. The highest BCUT2D eigenvalue weighted by Crippen LogP contribution is 2.32. The maximum atomic E-state index is 11.8. The summed E-state index contributed by atoms with van der Waals surface area (Å²) in [5, 5.41) is 9.88. The van der Waals surface area contributed by atoms with E-state index in [4.69, 9.17) is 14.6 Å². The Morgan fingerprint density at radius 3 is 2.37 bits per heavy atom. The third-order valence-electron chi connectivity index (χ3n) is 4.59. The molecule has 2 aliphatic rings. The minimum absolute atomic E-state index is 0.0213. The Hall–Kier alpha value is -2.13. The van der Waals surface area contributed by atoms with Gasteiger partial charge in [-0.05, 0) is 18.9 Å². The number of aliphatic carboxylic acids is 1. The average Bonchev–Trinajstić information content (AvgIpc) is 2.90. The minimum Gasteiger partial charge on any atom is -0.475 e. The molecule has 1 aromatic rings. The number of morpholine rings is 1. The molecule has 2 N–H and O–H groups in total. The first-order valence-electron chi connectivity index (χ1n) is 8.55. The Kier molecular flexibility index (Phi) is 6.83. The Balaban J connectivity index is 0.000000321. The number of nitrogens with one attached hydrogen (secondary N) is 1. The second kappa shape index (κ2) is 8.71. The number of carbonyl (C=O) groups is 2. The lowest BCUT2D eigenvalue weighted by Crippen LogP contribution is -2.44. The number of hydrogen-bond acceptors (Lipinski definition) is 4. The van der Waals surface area contributed by atoms with Gasteiger partial charge < -0.3 is 15.2 Å². The molecule has 150 valence electrons. The van der Waals surface area contributed by atoms with Gasteiger partial charge in [0.15, 0.2) is 0 Å². The van der Waals surface area contributed by atoms with E-state index < -0.39 is 12.1 Å². The zero-order valence-corrected chi connectivity index (χ0v) is 15.1. The van der Waals surface area contributed by atoms with Gasteiger partial charge in [-0.25, -0.2) is 4.79 Å². The molecule has 1 aromatic carbocycles. The lowest BCUT2D eigenvalue weighted by atomic mass is 10.00. The van der Waals surface area contributed by atoms with E-state index in [9.17, 15) is 18.0 Å². The fraction of sp³-hybridized carbons (Fsp3) is 0.556. The molecule has 2 bridgehead atoms. The molecule has 1 amide bonds. The number of amides is 1. The summed E-state index contributed by atoms with van der Waals surface area (Å²) in [6.45, 7) is 4.82.